The van der Waals surface area contributed by atoms with E-state index in [1.54, 1.807) is 0 Å². The van der Waals surface area contributed by atoms with Crippen molar-refractivity contribution in [1.82, 2.24) is 5.32 Å². The van der Waals surface area contributed by atoms with Crippen LogP contribution in [0.4, 0.5) is 0 Å². The largest absolute Gasteiger partial charge is 0.309 e. The first-order valence-electron chi connectivity index (χ1n) is 5.85. The van der Waals surface area contributed by atoms with Crippen LogP contribution < -0.4 is 5.32 Å². The normalized spacial score (nSPS) is 44.7. The molecule has 0 spiro atoms. The van der Waals surface area contributed by atoms with Crippen molar-refractivity contribution in [3.05, 3.63) is 0 Å². The van der Waals surface area contributed by atoms with E-state index in [4.69, 9.17) is 0 Å². The minimum atomic E-state index is -0.589. The maximum atomic E-state index is 12.0. The monoisotopic (exact) mass is 215 g/mol. The molecule has 82 valence electrons. The number of nitrogens with one attached hydrogen (secondary N) is 1. The van der Waals surface area contributed by atoms with Crippen LogP contribution in [0.3, 0.4) is 0 Å². The molecule has 1 saturated heterocycles. The Morgan fingerprint density at radius 1 is 1.43 bits per heavy atom. The van der Waals surface area contributed by atoms with E-state index in [-0.39, 0.29) is 0 Å². The SMILES string of the molecule is CCC1C(C2CCC2)NC(C)CS1=O. The Balaban J connectivity index is 2.05. The molecule has 2 nitrogen and oxygen atoms in total. The van der Waals surface area contributed by atoms with Crippen LogP contribution in [0.5, 0.6) is 0 Å². The highest BCUT2D eigenvalue weighted by Gasteiger charge is 2.39. The summed E-state index contributed by atoms with van der Waals surface area (Å²) in [7, 11) is -0.589. The van der Waals surface area contributed by atoms with Gasteiger partial charge in [0.15, 0.2) is 0 Å². The molecule has 0 aromatic carbocycles. The summed E-state index contributed by atoms with van der Waals surface area (Å²) in [4.78, 5) is 0. The zero-order valence-corrected chi connectivity index (χ0v) is 9.98. The van der Waals surface area contributed by atoms with Crippen molar-refractivity contribution in [1.29, 1.82) is 0 Å². The topological polar surface area (TPSA) is 29.1 Å². The minimum Gasteiger partial charge on any atom is -0.309 e. The van der Waals surface area contributed by atoms with Crippen LogP contribution in [0.2, 0.25) is 0 Å². The predicted molar refractivity (Wildman–Crippen MR) is 60.8 cm³/mol. The molecule has 1 aliphatic carbocycles. The molecule has 2 rings (SSSR count). The van der Waals surface area contributed by atoms with Gasteiger partial charge in [-0.1, -0.05) is 13.3 Å². The van der Waals surface area contributed by atoms with E-state index in [2.05, 4.69) is 19.2 Å². The van der Waals surface area contributed by atoms with Crippen LogP contribution in [0.25, 0.3) is 0 Å². The van der Waals surface area contributed by atoms with Crippen molar-refractivity contribution in [2.75, 3.05) is 5.75 Å². The van der Waals surface area contributed by atoms with E-state index >= 15 is 0 Å². The third kappa shape index (κ3) is 1.89. The first-order valence-corrected chi connectivity index (χ1v) is 7.23. The fourth-order valence-corrected chi connectivity index (χ4v) is 4.53. The standard InChI is InChI=1S/C11H21NOS/c1-3-10-11(9-5-4-6-9)12-8(2)7-14(10)13/h8-12H,3-7H2,1-2H3. The molecule has 3 heteroatoms. The lowest BCUT2D eigenvalue weighted by atomic mass is 9.77. The number of hydrogen-bond acceptors (Lipinski definition) is 2. The zero-order chi connectivity index (χ0) is 10.1. The molecule has 0 amide bonds. The first-order chi connectivity index (χ1) is 6.72. The smallest absolute Gasteiger partial charge is 0.0502 e. The second-order valence-corrected chi connectivity index (χ2v) is 6.48. The molecule has 0 radical (unpaired) electrons. The number of hydrogen-bond donors (Lipinski definition) is 1. The van der Waals surface area contributed by atoms with E-state index in [0.29, 0.717) is 17.3 Å². The average Bonchev–Trinajstić information content (AvgIpc) is 1.99. The van der Waals surface area contributed by atoms with Gasteiger partial charge in [0.05, 0.1) is 5.25 Å². The highest BCUT2D eigenvalue weighted by molar-refractivity contribution is 7.85. The van der Waals surface area contributed by atoms with Crippen molar-refractivity contribution < 1.29 is 4.21 Å². The Kier molecular flexibility index (Phi) is 3.27. The molecule has 1 aliphatic heterocycles. The van der Waals surface area contributed by atoms with Crippen LogP contribution in [0, 0.1) is 5.92 Å². The lowest BCUT2D eigenvalue weighted by Crippen LogP contribution is -2.58. The Morgan fingerprint density at radius 3 is 2.64 bits per heavy atom. The van der Waals surface area contributed by atoms with Gasteiger partial charge in [-0.3, -0.25) is 4.21 Å². The van der Waals surface area contributed by atoms with Crippen molar-refractivity contribution in [2.24, 2.45) is 5.92 Å². The van der Waals surface area contributed by atoms with Crippen LogP contribution in [-0.2, 0) is 10.8 Å². The lowest BCUT2D eigenvalue weighted by molar-refractivity contribution is 0.207. The summed E-state index contributed by atoms with van der Waals surface area (Å²) in [5.74, 6) is 1.66. The van der Waals surface area contributed by atoms with Gasteiger partial charge in [0.25, 0.3) is 0 Å². The highest BCUT2D eigenvalue weighted by atomic mass is 32.2. The summed E-state index contributed by atoms with van der Waals surface area (Å²) in [6.07, 6.45) is 5.13. The fraction of sp³-hybridized carbons (Fsp3) is 1.00. The van der Waals surface area contributed by atoms with Crippen LogP contribution in [-0.4, -0.2) is 27.3 Å². The Labute approximate surface area is 89.3 Å². The molecule has 0 aromatic heterocycles. The van der Waals surface area contributed by atoms with E-state index in [0.717, 1.165) is 18.1 Å². The second-order valence-electron chi connectivity index (χ2n) is 4.78. The van der Waals surface area contributed by atoms with Crippen molar-refractivity contribution >= 4 is 10.8 Å². The molecule has 4 unspecified atom stereocenters. The quantitative estimate of drug-likeness (QED) is 0.759. The van der Waals surface area contributed by atoms with E-state index in [1.165, 1.54) is 19.3 Å². The lowest BCUT2D eigenvalue weighted by Gasteiger charge is -2.43. The van der Waals surface area contributed by atoms with Gasteiger partial charge in [-0.15, -0.1) is 0 Å². The molecule has 1 N–H and O–H groups in total. The number of rotatable bonds is 2. The van der Waals surface area contributed by atoms with Gasteiger partial charge >= 0.3 is 0 Å². The van der Waals surface area contributed by atoms with Gasteiger partial charge in [-0.2, -0.15) is 0 Å². The molecule has 2 fully saturated rings. The van der Waals surface area contributed by atoms with E-state index in [9.17, 15) is 4.21 Å². The predicted octanol–water partition coefficient (Wildman–Crippen LogP) is 1.67. The van der Waals surface area contributed by atoms with E-state index in [1.807, 2.05) is 0 Å². The maximum absolute atomic E-state index is 12.0. The summed E-state index contributed by atoms with van der Waals surface area (Å²) < 4.78 is 12.0. The summed E-state index contributed by atoms with van der Waals surface area (Å²) in [5, 5.41) is 4.07. The minimum absolute atomic E-state index is 0.413. The van der Waals surface area contributed by atoms with Gasteiger partial charge in [-0.25, -0.2) is 0 Å². The molecule has 0 bridgehead atoms. The average molecular weight is 215 g/mol. The molecule has 14 heavy (non-hydrogen) atoms. The van der Waals surface area contributed by atoms with Gasteiger partial charge in [0.1, 0.15) is 0 Å². The fourth-order valence-electron chi connectivity index (χ4n) is 2.70. The third-order valence-corrected chi connectivity index (χ3v) is 5.82. The van der Waals surface area contributed by atoms with Crippen LogP contribution in [0.1, 0.15) is 39.5 Å². The molecule has 1 heterocycles. The Morgan fingerprint density at radius 2 is 2.14 bits per heavy atom. The molecule has 1 saturated carbocycles. The summed E-state index contributed by atoms with van der Waals surface area (Å²) in [5.41, 5.74) is 0. The van der Waals surface area contributed by atoms with Gasteiger partial charge in [-0.05, 0) is 32.1 Å². The Bertz CT molecular complexity index is 227. The zero-order valence-electron chi connectivity index (χ0n) is 9.16. The van der Waals surface area contributed by atoms with Crippen molar-refractivity contribution in [2.45, 2.75) is 56.9 Å². The summed E-state index contributed by atoms with van der Waals surface area (Å²) in [6, 6.07) is 0.988. The molecule has 0 aromatic rings. The summed E-state index contributed by atoms with van der Waals surface area (Å²) >= 11 is 0. The molecule has 2 aliphatic rings. The Hall–Kier alpha value is 0.110. The van der Waals surface area contributed by atoms with Gasteiger partial charge < -0.3 is 5.32 Å². The van der Waals surface area contributed by atoms with E-state index < -0.39 is 10.8 Å². The summed E-state index contributed by atoms with van der Waals surface area (Å²) in [6.45, 7) is 4.33. The van der Waals surface area contributed by atoms with Gasteiger partial charge in [0.2, 0.25) is 0 Å². The van der Waals surface area contributed by atoms with Crippen molar-refractivity contribution in [3.63, 3.8) is 0 Å². The third-order valence-electron chi connectivity index (χ3n) is 3.69. The molecule has 4 atom stereocenters. The first kappa shape index (κ1) is 10.6. The van der Waals surface area contributed by atoms with Crippen LogP contribution >= 0.6 is 0 Å². The van der Waals surface area contributed by atoms with Gasteiger partial charge in [0, 0.05) is 28.6 Å². The maximum Gasteiger partial charge on any atom is 0.0502 e. The molecular formula is C11H21NOS. The second kappa shape index (κ2) is 4.31. The molecular weight excluding hydrogens is 194 g/mol. The van der Waals surface area contributed by atoms with Crippen molar-refractivity contribution in [3.8, 4) is 0 Å². The van der Waals surface area contributed by atoms with Crippen LogP contribution in [0.15, 0.2) is 0 Å². The highest BCUT2D eigenvalue weighted by Crippen LogP contribution is 2.34.